The van der Waals surface area contributed by atoms with E-state index in [0.29, 0.717) is 5.89 Å². The second kappa shape index (κ2) is 3.45. The zero-order valence-electron chi connectivity index (χ0n) is 8.84. The molecule has 0 unspecified atom stereocenters. The molecule has 3 aromatic rings. The first-order valence-electron chi connectivity index (χ1n) is 5.11. The van der Waals surface area contributed by atoms with E-state index in [0.717, 1.165) is 22.2 Å². The molecule has 0 saturated carbocycles. The third-order valence-electron chi connectivity index (χ3n) is 2.50. The fourth-order valence-electron chi connectivity index (χ4n) is 1.76. The minimum atomic E-state index is 0.649. The highest BCUT2D eigenvalue weighted by molar-refractivity contribution is 5.91. The predicted octanol–water partition coefficient (Wildman–Crippen LogP) is 3.20. The number of aryl methyl sites for hydroxylation is 1. The summed E-state index contributed by atoms with van der Waals surface area (Å²) < 4.78 is 5.54. The van der Waals surface area contributed by atoms with Crippen LogP contribution in [0.4, 0.5) is 0 Å². The van der Waals surface area contributed by atoms with Crippen molar-refractivity contribution in [3.05, 3.63) is 48.5 Å². The van der Waals surface area contributed by atoms with E-state index in [9.17, 15) is 0 Å². The maximum absolute atomic E-state index is 5.54. The lowest BCUT2D eigenvalue weighted by atomic mass is 10.1. The maximum atomic E-state index is 5.54. The van der Waals surface area contributed by atoms with Crippen molar-refractivity contribution in [3.8, 4) is 11.5 Å². The van der Waals surface area contributed by atoms with Crippen LogP contribution in [0.5, 0.6) is 0 Å². The van der Waals surface area contributed by atoms with Crippen LogP contribution in [0.2, 0.25) is 0 Å². The van der Waals surface area contributed by atoms with Gasteiger partial charge in [0, 0.05) is 17.1 Å². The molecule has 16 heavy (non-hydrogen) atoms. The molecule has 0 fully saturated rings. The molecule has 78 valence electrons. The standard InChI is InChI=1S/C13H10N2O/c1-9-8-15-13(16-9)11-6-7-14-12-5-3-2-4-10(11)12/h2-8H,1H3. The molecule has 3 heteroatoms. The smallest absolute Gasteiger partial charge is 0.226 e. The van der Waals surface area contributed by atoms with Gasteiger partial charge in [0.05, 0.1) is 11.7 Å². The van der Waals surface area contributed by atoms with Gasteiger partial charge in [0.25, 0.3) is 0 Å². The zero-order chi connectivity index (χ0) is 11.0. The number of aromatic nitrogens is 2. The van der Waals surface area contributed by atoms with Crippen molar-refractivity contribution < 1.29 is 4.42 Å². The summed E-state index contributed by atoms with van der Waals surface area (Å²) in [6, 6.07) is 9.89. The number of rotatable bonds is 1. The van der Waals surface area contributed by atoms with Gasteiger partial charge in [-0.3, -0.25) is 4.98 Å². The Morgan fingerprint density at radius 3 is 2.75 bits per heavy atom. The Bertz CT molecular complexity index is 638. The third-order valence-corrected chi connectivity index (χ3v) is 2.50. The molecule has 3 nitrogen and oxygen atoms in total. The largest absolute Gasteiger partial charge is 0.441 e. The normalized spacial score (nSPS) is 10.8. The molecule has 0 amide bonds. The van der Waals surface area contributed by atoms with Gasteiger partial charge in [-0.05, 0) is 19.1 Å². The Morgan fingerprint density at radius 2 is 1.94 bits per heavy atom. The first-order chi connectivity index (χ1) is 7.84. The quantitative estimate of drug-likeness (QED) is 0.619. The summed E-state index contributed by atoms with van der Waals surface area (Å²) in [7, 11) is 0. The van der Waals surface area contributed by atoms with E-state index >= 15 is 0 Å². The molecular formula is C13H10N2O. The van der Waals surface area contributed by atoms with Crippen LogP contribution in [0.3, 0.4) is 0 Å². The molecule has 0 spiro atoms. The molecule has 0 bridgehead atoms. The Kier molecular flexibility index (Phi) is 1.96. The molecule has 2 aromatic heterocycles. The van der Waals surface area contributed by atoms with Crippen LogP contribution in [-0.4, -0.2) is 9.97 Å². The second-order valence-corrected chi connectivity index (χ2v) is 3.65. The summed E-state index contributed by atoms with van der Waals surface area (Å²) in [5.41, 5.74) is 1.94. The van der Waals surface area contributed by atoms with Crippen molar-refractivity contribution in [2.75, 3.05) is 0 Å². The molecule has 0 aliphatic rings. The van der Waals surface area contributed by atoms with Crippen molar-refractivity contribution in [1.29, 1.82) is 0 Å². The number of para-hydroxylation sites is 1. The number of oxazole rings is 1. The van der Waals surface area contributed by atoms with Gasteiger partial charge in [-0.1, -0.05) is 18.2 Å². The van der Waals surface area contributed by atoms with E-state index < -0.39 is 0 Å². The van der Waals surface area contributed by atoms with Gasteiger partial charge in [-0.2, -0.15) is 0 Å². The van der Waals surface area contributed by atoms with Crippen LogP contribution in [-0.2, 0) is 0 Å². The Labute approximate surface area is 92.8 Å². The van der Waals surface area contributed by atoms with Crippen LogP contribution >= 0.6 is 0 Å². The molecular weight excluding hydrogens is 200 g/mol. The summed E-state index contributed by atoms with van der Waals surface area (Å²) in [4.78, 5) is 8.55. The van der Waals surface area contributed by atoms with Crippen LogP contribution in [0.1, 0.15) is 5.76 Å². The summed E-state index contributed by atoms with van der Waals surface area (Å²) in [5, 5.41) is 1.06. The van der Waals surface area contributed by atoms with Crippen molar-refractivity contribution in [3.63, 3.8) is 0 Å². The predicted molar refractivity (Wildman–Crippen MR) is 62.0 cm³/mol. The topological polar surface area (TPSA) is 38.9 Å². The maximum Gasteiger partial charge on any atom is 0.226 e. The monoisotopic (exact) mass is 210 g/mol. The van der Waals surface area contributed by atoms with E-state index in [1.165, 1.54) is 0 Å². The van der Waals surface area contributed by atoms with E-state index in [1.54, 1.807) is 12.4 Å². The van der Waals surface area contributed by atoms with Gasteiger partial charge in [0.1, 0.15) is 5.76 Å². The highest BCUT2D eigenvalue weighted by Gasteiger charge is 2.08. The Morgan fingerprint density at radius 1 is 1.06 bits per heavy atom. The van der Waals surface area contributed by atoms with E-state index in [2.05, 4.69) is 9.97 Å². The summed E-state index contributed by atoms with van der Waals surface area (Å²) in [6.07, 6.45) is 3.50. The fraction of sp³-hybridized carbons (Fsp3) is 0.0769. The lowest BCUT2D eigenvalue weighted by molar-refractivity contribution is 0.543. The average Bonchev–Trinajstić information content (AvgIpc) is 2.75. The third kappa shape index (κ3) is 1.37. The van der Waals surface area contributed by atoms with Gasteiger partial charge in [-0.25, -0.2) is 4.98 Å². The van der Waals surface area contributed by atoms with Crippen LogP contribution in [0.25, 0.3) is 22.4 Å². The lowest BCUT2D eigenvalue weighted by Crippen LogP contribution is -1.83. The summed E-state index contributed by atoms with van der Waals surface area (Å²) >= 11 is 0. The first-order valence-corrected chi connectivity index (χ1v) is 5.11. The molecule has 0 N–H and O–H groups in total. The molecule has 2 heterocycles. The van der Waals surface area contributed by atoms with Crippen molar-refractivity contribution >= 4 is 10.9 Å². The molecule has 0 radical (unpaired) electrons. The zero-order valence-corrected chi connectivity index (χ0v) is 8.84. The van der Waals surface area contributed by atoms with Gasteiger partial charge >= 0.3 is 0 Å². The first kappa shape index (κ1) is 9.09. The van der Waals surface area contributed by atoms with Crippen LogP contribution in [0, 0.1) is 6.92 Å². The molecule has 1 aromatic carbocycles. The van der Waals surface area contributed by atoms with E-state index in [1.807, 2.05) is 37.3 Å². The molecule has 0 atom stereocenters. The SMILES string of the molecule is Cc1cnc(-c2ccnc3ccccc23)o1. The Balaban J connectivity index is 2.31. The number of hydrogen-bond donors (Lipinski definition) is 0. The van der Waals surface area contributed by atoms with Gasteiger partial charge in [-0.15, -0.1) is 0 Å². The van der Waals surface area contributed by atoms with Gasteiger partial charge < -0.3 is 4.42 Å². The highest BCUT2D eigenvalue weighted by Crippen LogP contribution is 2.26. The van der Waals surface area contributed by atoms with Crippen LogP contribution < -0.4 is 0 Å². The van der Waals surface area contributed by atoms with E-state index in [4.69, 9.17) is 4.42 Å². The molecule has 0 saturated heterocycles. The second-order valence-electron chi connectivity index (χ2n) is 3.65. The number of benzene rings is 1. The van der Waals surface area contributed by atoms with Crippen LogP contribution in [0.15, 0.2) is 47.1 Å². The van der Waals surface area contributed by atoms with Crippen molar-refractivity contribution in [2.45, 2.75) is 6.92 Å². The number of hydrogen-bond acceptors (Lipinski definition) is 3. The average molecular weight is 210 g/mol. The minimum absolute atomic E-state index is 0.649. The molecule has 3 rings (SSSR count). The van der Waals surface area contributed by atoms with Crippen molar-refractivity contribution in [2.24, 2.45) is 0 Å². The molecule has 0 aliphatic heterocycles. The van der Waals surface area contributed by atoms with E-state index in [-0.39, 0.29) is 0 Å². The van der Waals surface area contributed by atoms with Gasteiger partial charge in [0.2, 0.25) is 5.89 Å². The summed E-state index contributed by atoms with van der Waals surface area (Å²) in [6.45, 7) is 1.89. The number of nitrogens with zero attached hydrogens (tertiary/aromatic N) is 2. The number of fused-ring (bicyclic) bond motifs is 1. The molecule has 0 aliphatic carbocycles. The summed E-state index contributed by atoms with van der Waals surface area (Å²) in [5.74, 6) is 1.46. The lowest BCUT2D eigenvalue weighted by Gasteiger charge is -2.01. The Hall–Kier alpha value is -2.16. The van der Waals surface area contributed by atoms with Crippen molar-refractivity contribution in [1.82, 2.24) is 9.97 Å². The minimum Gasteiger partial charge on any atom is -0.441 e. The highest BCUT2D eigenvalue weighted by atomic mass is 16.4. The fourth-order valence-corrected chi connectivity index (χ4v) is 1.76. The number of pyridine rings is 1. The van der Waals surface area contributed by atoms with Gasteiger partial charge in [0.15, 0.2) is 0 Å².